The molecule has 1 saturated carbocycles. The summed E-state index contributed by atoms with van der Waals surface area (Å²) in [5.74, 6) is 1.13. The average molecular weight is 221 g/mol. The smallest absolute Gasteiger partial charge is 0.287 e. The molecule has 0 saturated heterocycles. The second-order valence-corrected chi connectivity index (χ2v) is 4.76. The lowest BCUT2D eigenvalue weighted by atomic mass is 10.0. The molecule has 2 rings (SSSR count). The van der Waals surface area contributed by atoms with Crippen LogP contribution < -0.4 is 5.32 Å². The molecule has 0 aliphatic heterocycles. The van der Waals surface area contributed by atoms with E-state index >= 15 is 0 Å². The van der Waals surface area contributed by atoms with Crippen LogP contribution in [0.4, 0.5) is 0 Å². The molecule has 1 heterocycles. The Balaban J connectivity index is 1.87. The Hall–Kier alpha value is -1.25. The molecule has 1 N–H and O–H groups in total. The Kier molecular flexibility index (Phi) is 3.65. The van der Waals surface area contributed by atoms with Crippen LogP contribution in [0.5, 0.6) is 0 Å². The van der Waals surface area contributed by atoms with E-state index in [4.69, 9.17) is 4.42 Å². The topological polar surface area (TPSA) is 42.2 Å². The molecule has 3 heteroatoms. The van der Waals surface area contributed by atoms with Crippen LogP contribution in [0.25, 0.3) is 0 Å². The summed E-state index contributed by atoms with van der Waals surface area (Å²) in [4.78, 5) is 11.8. The largest absolute Gasteiger partial charge is 0.459 e. The molecule has 3 nitrogen and oxygen atoms in total. The van der Waals surface area contributed by atoms with Crippen LogP contribution in [0.1, 0.15) is 49.6 Å². The molecule has 2 atom stereocenters. The van der Waals surface area contributed by atoms with E-state index in [9.17, 15) is 4.79 Å². The summed E-state index contributed by atoms with van der Waals surface area (Å²) in [5, 5.41) is 3.05. The monoisotopic (exact) mass is 221 g/mol. The van der Waals surface area contributed by atoms with Crippen molar-refractivity contribution in [3.63, 3.8) is 0 Å². The van der Waals surface area contributed by atoms with Crippen LogP contribution in [-0.4, -0.2) is 11.9 Å². The maximum Gasteiger partial charge on any atom is 0.287 e. The summed E-state index contributed by atoms with van der Waals surface area (Å²) < 4.78 is 5.08. The van der Waals surface area contributed by atoms with Gasteiger partial charge < -0.3 is 9.73 Å². The minimum absolute atomic E-state index is 0.0791. The van der Waals surface area contributed by atoms with Gasteiger partial charge in [0.25, 0.3) is 5.91 Å². The van der Waals surface area contributed by atoms with Gasteiger partial charge in [-0.2, -0.15) is 0 Å². The molecular formula is C13H19NO2. The maximum absolute atomic E-state index is 11.8. The van der Waals surface area contributed by atoms with Crippen LogP contribution >= 0.6 is 0 Å². The standard InChI is InChI=1S/C13H19NO2/c1-10-4-2-5-11(8-7-10)14-13(15)12-6-3-9-16-12/h3,6,9-11H,2,4-5,7-8H2,1H3,(H,14,15). The van der Waals surface area contributed by atoms with E-state index in [0.29, 0.717) is 11.8 Å². The predicted molar refractivity (Wildman–Crippen MR) is 62.2 cm³/mol. The van der Waals surface area contributed by atoms with Crippen molar-refractivity contribution in [3.05, 3.63) is 24.2 Å². The highest BCUT2D eigenvalue weighted by molar-refractivity contribution is 5.91. The highest BCUT2D eigenvalue weighted by atomic mass is 16.3. The number of furan rings is 1. The predicted octanol–water partition coefficient (Wildman–Crippen LogP) is 2.98. The first kappa shape index (κ1) is 11.2. The number of hydrogen-bond donors (Lipinski definition) is 1. The number of amides is 1. The number of carbonyl (C=O) groups is 1. The lowest BCUT2D eigenvalue weighted by Crippen LogP contribution is -2.34. The summed E-state index contributed by atoms with van der Waals surface area (Å²) in [6.45, 7) is 2.29. The quantitative estimate of drug-likeness (QED) is 0.780. The van der Waals surface area contributed by atoms with Gasteiger partial charge in [0.05, 0.1) is 6.26 Å². The Morgan fingerprint density at radius 1 is 1.38 bits per heavy atom. The fourth-order valence-electron chi connectivity index (χ4n) is 2.30. The summed E-state index contributed by atoms with van der Waals surface area (Å²) in [5.41, 5.74) is 0. The molecule has 0 aromatic carbocycles. The van der Waals surface area contributed by atoms with Gasteiger partial charge in [-0.1, -0.05) is 19.8 Å². The molecule has 88 valence electrons. The van der Waals surface area contributed by atoms with Crippen molar-refractivity contribution >= 4 is 5.91 Å². The van der Waals surface area contributed by atoms with Gasteiger partial charge in [0.2, 0.25) is 0 Å². The number of hydrogen-bond acceptors (Lipinski definition) is 2. The third kappa shape index (κ3) is 2.87. The van der Waals surface area contributed by atoms with Crippen molar-refractivity contribution in [2.45, 2.75) is 45.1 Å². The van der Waals surface area contributed by atoms with E-state index in [2.05, 4.69) is 12.2 Å². The van der Waals surface area contributed by atoms with Crippen LogP contribution in [-0.2, 0) is 0 Å². The zero-order chi connectivity index (χ0) is 11.4. The minimum Gasteiger partial charge on any atom is -0.459 e. The summed E-state index contributed by atoms with van der Waals surface area (Å²) in [6, 6.07) is 3.76. The van der Waals surface area contributed by atoms with Crippen molar-refractivity contribution in [3.8, 4) is 0 Å². The van der Waals surface area contributed by atoms with Crippen LogP contribution in [0.2, 0.25) is 0 Å². The second-order valence-electron chi connectivity index (χ2n) is 4.76. The van der Waals surface area contributed by atoms with Gasteiger partial charge in [-0.25, -0.2) is 0 Å². The van der Waals surface area contributed by atoms with E-state index in [0.717, 1.165) is 18.8 Å². The highest BCUT2D eigenvalue weighted by Gasteiger charge is 2.19. The highest BCUT2D eigenvalue weighted by Crippen LogP contribution is 2.22. The third-order valence-corrected chi connectivity index (χ3v) is 3.34. The van der Waals surface area contributed by atoms with Gasteiger partial charge in [0.1, 0.15) is 0 Å². The fourth-order valence-corrected chi connectivity index (χ4v) is 2.30. The van der Waals surface area contributed by atoms with Gasteiger partial charge in [-0.3, -0.25) is 4.79 Å². The van der Waals surface area contributed by atoms with Crippen LogP contribution in [0.3, 0.4) is 0 Å². The zero-order valence-corrected chi connectivity index (χ0v) is 9.74. The molecular weight excluding hydrogens is 202 g/mol. The summed E-state index contributed by atoms with van der Waals surface area (Å²) in [7, 11) is 0. The van der Waals surface area contributed by atoms with Crippen LogP contribution in [0, 0.1) is 5.92 Å². The first-order valence-electron chi connectivity index (χ1n) is 6.10. The molecule has 16 heavy (non-hydrogen) atoms. The molecule has 1 aliphatic carbocycles. The van der Waals surface area contributed by atoms with Crippen molar-refractivity contribution in [2.24, 2.45) is 5.92 Å². The molecule has 1 aromatic heterocycles. The van der Waals surface area contributed by atoms with Crippen molar-refractivity contribution in [1.82, 2.24) is 5.32 Å². The van der Waals surface area contributed by atoms with Gasteiger partial charge in [0, 0.05) is 6.04 Å². The molecule has 1 fully saturated rings. The van der Waals surface area contributed by atoms with E-state index < -0.39 is 0 Å². The molecule has 1 amide bonds. The summed E-state index contributed by atoms with van der Waals surface area (Å²) in [6.07, 6.45) is 7.43. The zero-order valence-electron chi connectivity index (χ0n) is 9.74. The molecule has 2 unspecified atom stereocenters. The Bertz CT molecular complexity index is 332. The SMILES string of the molecule is CC1CCCC(NC(=O)c2ccco2)CC1. The van der Waals surface area contributed by atoms with E-state index in [-0.39, 0.29) is 5.91 Å². The fraction of sp³-hybridized carbons (Fsp3) is 0.615. The van der Waals surface area contributed by atoms with Gasteiger partial charge in [0.15, 0.2) is 5.76 Å². The third-order valence-electron chi connectivity index (χ3n) is 3.34. The molecule has 1 aromatic rings. The normalized spacial score (nSPS) is 26.1. The van der Waals surface area contributed by atoms with E-state index in [1.165, 1.54) is 25.5 Å². The minimum atomic E-state index is -0.0791. The summed E-state index contributed by atoms with van der Waals surface area (Å²) >= 11 is 0. The lowest BCUT2D eigenvalue weighted by Gasteiger charge is -2.15. The number of nitrogens with one attached hydrogen (secondary N) is 1. The lowest BCUT2D eigenvalue weighted by molar-refractivity contribution is 0.0905. The van der Waals surface area contributed by atoms with Crippen molar-refractivity contribution in [1.29, 1.82) is 0 Å². The van der Waals surface area contributed by atoms with Gasteiger partial charge in [-0.05, 0) is 37.3 Å². The second kappa shape index (κ2) is 5.19. The molecule has 1 aliphatic rings. The number of rotatable bonds is 2. The average Bonchev–Trinajstić information content (AvgIpc) is 2.72. The van der Waals surface area contributed by atoms with E-state index in [1.807, 2.05) is 0 Å². The molecule has 0 bridgehead atoms. The molecule has 0 radical (unpaired) electrons. The van der Waals surface area contributed by atoms with Crippen molar-refractivity contribution in [2.75, 3.05) is 0 Å². The molecule has 0 spiro atoms. The first-order chi connectivity index (χ1) is 7.75. The Morgan fingerprint density at radius 3 is 3.00 bits per heavy atom. The van der Waals surface area contributed by atoms with Gasteiger partial charge in [-0.15, -0.1) is 0 Å². The maximum atomic E-state index is 11.8. The Morgan fingerprint density at radius 2 is 2.25 bits per heavy atom. The van der Waals surface area contributed by atoms with Crippen LogP contribution in [0.15, 0.2) is 22.8 Å². The van der Waals surface area contributed by atoms with E-state index in [1.54, 1.807) is 12.1 Å². The van der Waals surface area contributed by atoms with Gasteiger partial charge >= 0.3 is 0 Å². The first-order valence-corrected chi connectivity index (χ1v) is 6.10. The Labute approximate surface area is 96.2 Å². The van der Waals surface area contributed by atoms with Crippen molar-refractivity contribution < 1.29 is 9.21 Å². The number of carbonyl (C=O) groups excluding carboxylic acids is 1.